The van der Waals surface area contributed by atoms with Gasteiger partial charge in [0.05, 0.1) is 0 Å². The van der Waals surface area contributed by atoms with Crippen molar-refractivity contribution in [3.05, 3.63) is 82.1 Å². The molecule has 6 nitrogen and oxygen atoms in total. The van der Waals surface area contributed by atoms with Gasteiger partial charge in [0.1, 0.15) is 14.1 Å². The molecule has 0 aliphatic heterocycles. The molecule has 0 N–H and O–H groups in total. The second kappa shape index (κ2) is 9.98. The summed E-state index contributed by atoms with van der Waals surface area (Å²) < 4.78 is 36.1. The Balaban J connectivity index is 0.000000537. The molecule has 0 fully saturated rings. The maximum Gasteiger partial charge on any atom is 0.199 e. The molecular formula is C21H23ClN2O4S. The molecule has 8 heteroatoms. The van der Waals surface area contributed by atoms with Gasteiger partial charge in [0.25, 0.3) is 0 Å². The van der Waals surface area contributed by atoms with Crippen LogP contribution in [-0.2, 0) is 0 Å². The number of rotatable bonds is 3. The van der Waals surface area contributed by atoms with Crippen molar-refractivity contribution in [1.82, 2.24) is 0 Å². The standard InChI is InChI=1S/C21H23N2S.ClHO4/c1-22(2)18-11-7-16(8-12-18)21(20-6-5-15-24-20)17-9-13-19(14-10-17)23(3)4;2-1(3,4)5/h5-15H,1-4H3;(H,2,3,4,5)/q+1;/p-1. The van der Waals surface area contributed by atoms with Crippen LogP contribution in [0.25, 0.3) is 5.57 Å². The van der Waals surface area contributed by atoms with Crippen LogP contribution < -0.4 is 23.5 Å². The molecule has 0 spiro atoms. The van der Waals surface area contributed by atoms with Crippen LogP contribution in [-0.4, -0.2) is 38.5 Å². The third-order valence-corrected chi connectivity index (χ3v) is 5.00. The Bertz CT molecular complexity index is 910. The van der Waals surface area contributed by atoms with Crippen LogP contribution >= 0.6 is 11.3 Å². The first-order valence-corrected chi connectivity index (χ1v) is 10.8. The molecule has 0 radical (unpaired) electrons. The fourth-order valence-electron chi connectivity index (χ4n) is 2.72. The van der Waals surface area contributed by atoms with Crippen molar-refractivity contribution in [2.75, 3.05) is 33.1 Å². The molecule has 2 aromatic rings. The minimum Gasteiger partial charge on any atom is -0.378 e. The van der Waals surface area contributed by atoms with E-state index in [1.54, 1.807) is 11.3 Å². The molecule has 1 aliphatic rings. The van der Waals surface area contributed by atoms with Crippen molar-refractivity contribution < 1.29 is 33.5 Å². The first kappa shape index (κ1) is 23.0. The van der Waals surface area contributed by atoms with Crippen molar-refractivity contribution in [2.45, 2.75) is 0 Å². The van der Waals surface area contributed by atoms with Gasteiger partial charge in [-0.1, -0.05) is 18.2 Å². The maximum atomic E-state index is 8.49. The first-order valence-electron chi connectivity index (χ1n) is 8.64. The maximum absolute atomic E-state index is 8.49. The second-order valence-electron chi connectivity index (χ2n) is 6.61. The molecule has 3 rings (SSSR count). The normalized spacial score (nSPS) is 13.1. The van der Waals surface area contributed by atoms with Gasteiger partial charge in [0, 0.05) is 42.4 Å². The Labute approximate surface area is 177 Å². The van der Waals surface area contributed by atoms with E-state index in [2.05, 4.69) is 104 Å². The molecule has 29 heavy (non-hydrogen) atoms. The van der Waals surface area contributed by atoms with E-state index in [9.17, 15) is 0 Å². The summed E-state index contributed by atoms with van der Waals surface area (Å²) in [6, 6.07) is 13.1. The average Bonchev–Trinajstić information content (AvgIpc) is 3.15. The quantitative estimate of drug-likeness (QED) is 0.617. The Morgan fingerprint density at radius 2 is 1.45 bits per heavy atom. The number of nitrogens with zero attached hydrogens (tertiary/aromatic N) is 2. The summed E-state index contributed by atoms with van der Waals surface area (Å²) in [5.74, 6) is 0. The Morgan fingerprint density at radius 1 is 0.897 bits per heavy atom. The fraction of sp³-hybridized carbons (Fsp3) is 0.190. The number of hydrogen-bond donors (Lipinski definition) is 0. The SMILES string of the molecule is CN(C)c1ccc(C(=C2C=CC(=[N+](C)C)C=C2)c2cccs2)cc1.[O-][Cl+3]([O-])([O-])[O-]. The van der Waals surface area contributed by atoms with Gasteiger partial charge in [-0.25, -0.2) is 23.2 Å². The third kappa shape index (κ3) is 7.25. The number of thiophene rings is 1. The molecule has 0 atom stereocenters. The van der Waals surface area contributed by atoms with Crippen LogP contribution in [0.5, 0.6) is 0 Å². The molecule has 1 aromatic heterocycles. The summed E-state index contributed by atoms with van der Waals surface area (Å²) >= 11 is 1.78. The van der Waals surface area contributed by atoms with Gasteiger partial charge in [0.15, 0.2) is 5.71 Å². The lowest BCUT2D eigenvalue weighted by Gasteiger charge is -2.17. The fourth-order valence-corrected chi connectivity index (χ4v) is 3.54. The topological polar surface area (TPSA) is 98.5 Å². The second-order valence-corrected chi connectivity index (χ2v) is 8.32. The van der Waals surface area contributed by atoms with Gasteiger partial charge in [-0.2, -0.15) is 0 Å². The Morgan fingerprint density at radius 3 is 1.86 bits per heavy atom. The van der Waals surface area contributed by atoms with Crippen LogP contribution in [0.2, 0.25) is 0 Å². The lowest BCUT2D eigenvalue weighted by molar-refractivity contribution is -2.00. The molecule has 0 amide bonds. The van der Waals surface area contributed by atoms with Crippen molar-refractivity contribution >= 4 is 28.3 Å². The van der Waals surface area contributed by atoms with Crippen LogP contribution in [0, 0.1) is 10.2 Å². The third-order valence-electron chi connectivity index (χ3n) is 4.11. The van der Waals surface area contributed by atoms with Gasteiger partial charge in [0.2, 0.25) is 0 Å². The zero-order valence-corrected chi connectivity index (χ0v) is 18.2. The number of anilines is 1. The minimum absolute atomic E-state index is 1.22. The van der Waals surface area contributed by atoms with Crippen molar-refractivity contribution in [1.29, 1.82) is 0 Å². The number of allylic oxidation sites excluding steroid dienone is 5. The first-order chi connectivity index (χ1) is 13.6. The number of halogens is 1. The predicted octanol–water partition coefficient (Wildman–Crippen LogP) is -0.301. The van der Waals surface area contributed by atoms with Crippen molar-refractivity contribution in [3.8, 4) is 0 Å². The lowest BCUT2D eigenvalue weighted by atomic mass is 9.95. The van der Waals surface area contributed by atoms with Crippen molar-refractivity contribution in [3.63, 3.8) is 0 Å². The van der Waals surface area contributed by atoms with E-state index in [1.165, 1.54) is 33.0 Å². The summed E-state index contributed by atoms with van der Waals surface area (Å²) in [6.45, 7) is 0. The smallest absolute Gasteiger partial charge is 0.199 e. The predicted molar refractivity (Wildman–Crippen MR) is 107 cm³/mol. The summed E-state index contributed by atoms with van der Waals surface area (Å²) in [5, 5.41) is 2.14. The van der Waals surface area contributed by atoms with E-state index < -0.39 is 10.2 Å². The van der Waals surface area contributed by atoms with E-state index in [-0.39, 0.29) is 0 Å². The minimum atomic E-state index is -4.94. The Kier molecular flexibility index (Phi) is 7.92. The molecule has 1 heterocycles. The number of hydrogen-bond acceptors (Lipinski definition) is 6. The molecule has 0 saturated heterocycles. The van der Waals surface area contributed by atoms with E-state index in [1.807, 2.05) is 0 Å². The van der Waals surface area contributed by atoms with Gasteiger partial charge < -0.3 is 4.90 Å². The molecule has 0 unspecified atom stereocenters. The molecule has 1 aromatic carbocycles. The van der Waals surface area contributed by atoms with E-state index in [0.717, 1.165) is 0 Å². The van der Waals surface area contributed by atoms with Crippen LogP contribution in [0.15, 0.2) is 71.7 Å². The molecule has 0 bridgehead atoms. The Hall–Kier alpha value is -2.26. The number of benzene rings is 1. The van der Waals surface area contributed by atoms with E-state index >= 15 is 0 Å². The highest BCUT2D eigenvalue weighted by atomic mass is 35.7. The summed E-state index contributed by atoms with van der Waals surface area (Å²) in [4.78, 5) is 3.42. The highest BCUT2D eigenvalue weighted by Crippen LogP contribution is 2.33. The summed E-state index contributed by atoms with van der Waals surface area (Å²) in [7, 11) is 3.33. The zero-order chi connectivity index (χ0) is 21.6. The van der Waals surface area contributed by atoms with Crippen molar-refractivity contribution in [2.24, 2.45) is 0 Å². The highest BCUT2D eigenvalue weighted by molar-refractivity contribution is 7.11. The van der Waals surface area contributed by atoms with Gasteiger partial charge >= 0.3 is 0 Å². The highest BCUT2D eigenvalue weighted by Gasteiger charge is 2.13. The lowest BCUT2D eigenvalue weighted by Crippen LogP contribution is -2.68. The summed E-state index contributed by atoms with van der Waals surface area (Å²) in [6.07, 6.45) is 8.78. The average molecular weight is 435 g/mol. The molecule has 1 aliphatic carbocycles. The van der Waals surface area contributed by atoms with Crippen LogP contribution in [0.1, 0.15) is 10.4 Å². The molecule has 0 saturated carbocycles. The van der Waals surface area contributed by atoms with Crippen LogP contribution in [0.4, 0.5) is 5.69 Å². The van der Waals surface area contributed by atoms with Gasteiger partial charge in [-0.15, -0.1) is 21.6 Å². The van der Waals surface area contributed by atoms with E-state index in [4.69, 9.17) is 18.6 Å². The van der Waals surface area contributed by atoms with Gasteiger partial charge in [-0.3, -0.25) is 0 Å². The summed E-state index contributed by atoms with van der Waals surface area (Å²) in [5.41, 5.74) is 6.22. The zero-order valence-electron chi connectivity index (χ0n) is 16.7. The monoisotopic (exact) mass is 434 g/mol. The van der Waals surface area contributed by atoms with Gasteiger partial charge in [-0.05, 0) is 46.9 Å². The molecular weight excluding hydrogens is 412 g/mol. The van der Waals surface area contributed by atoms with Crippen LogP contribution in [0.3, 0.4) is 0 Å². The molecule has 154 valence electrons. The van der Waals surface area contributed by atoms with E-state index in [0.29, 0.717) is 0 Å². The largest absolute Gasteiger partial charge is 0.378 e.